The predicted octanol–water partition coefficient (Wildman–Crippen LogP) is 3.88. The third kappa shape index (κ3) is 6.29. The number of aryl methyl sites for hydroxylation is 1. The summed E-state index contributed by atoms with van der Waals surface area (Å²) in [6.45, 7) is 3.16. The molecule has 0 unspecified atom stereocenters. The Bertz CT molecular complexity index is 1230. The Labute approximate surface area is 186 Å². The maximum absolute atomic E-state index is 12.6. The molecule has 2 N–H and O–H groups in total. The number of nitrogens with one attached hydrogen (secondary N) is 2. The first-order valence-electron chi connectivity index (χ1n) is 9.70. The molecule has 0 bridgehead atoms. The van der Waals surface area contributed by atoms with Crippen molar-refractivity contribution in [1.29, 1.82) is 0 Å². The molecule has 0 aliphatic heterocycles. The van der Waals surface area contributed by atoms with Crippen molar-refractivity contribution in [2.45, 2.75) is 18.7 Å². The second kappa shape index (κ2) is 9.93. The van der Waals surface area contributed by atoms with Gasteiger partial charge in [-0.3, -0.25) is 9.59 Å². The Morgan fingerprint density at radius 1 is 0.875 bits per heavy atom. The molecule has 0 aromatic heterocycles. The molecule has 7 nitrogen and oxygen atoms in total. The van der Waals surface area contributed by atoms with E-state index < -0.39 is 21.9 Å². The van der Waals surface area contributed by atoms with Crippen LogP contribution in [-0.2, 0) is 19.7 Å². The van der Waals surface area contributed by atoms with Crippen LogP contribution in [0.3, 0.4) is 0 Å². The van der Waals surface area contributed by atoms with E-state index in [0.29, 0.717) is 11.3 Å². The quantitative estimate of drug-likeness (QED) is 0.420. The van der Waals surface area contributed by atoms with Gasteiger partial charge in [0.1, 0.15) is 16.3 Å². The van der Waals surface area contributed by atoms with E-state index in [1.807, 2.05) is 13.0 Å². The second-order valence-electron chi connectivity index (χ2n) is 6.98. The van der Waals surface area contributed by atoms with Gasteiger partial charge in [0.05, 0.1) is 0 Å². The van der Waals surface area contributed by atoms with Gasteiger partial charge in [-0.25, -0.2) is 0 Å². The van der Waals surface area contributed by atoms with Gasteiger partial charge < -0.3 is 14.8 Å². The summed E-state index contributed by atoms with van der Waals surface area (Å²) < 4.78 is 30.0. The molecule has 164 valence electrons. The minimum atomic E-state index is -3.97. The van der Waals surface area contributed by atoms with E-state index in [0.717, 1.165) is 5.56 Å². The number of rotatable bonds is 7. The summed E-state index contributed by atoms with van der Waals surface area (Å²) in [5.74, 6) is -0.769. The second-order valence-corrected chi connectivity index (χ2v) is 8.53. The SMILES string of the molecule is CC(=O)NC(=Cc1ccc(OS(=O)(=O)c2ccc(C)cc2)cc1)C(=O)Nc1ccccc1. The number of hydrogen-bond donors (Lipinski definition) is 2. The highest BCUT2D eigenvalue weighted by atomic mass is 32.2. The Kier molecular flexibility index (Phi) is 7.07. The van der Waals surface area contributed by atoms with E-state index in [2.05, 4.69) is 10.6 Å². The maximum Gasteiger partial charge on any atom is 0.339 e. The summed E-state index contributed by atoms with van der Waals surface area (Å²) in [5.41, 5.74) is 2.13. The van der Waals surface area contributed by atoms with Gasteiger partial charge >= 0.3 is 10.1 Å². The van der Waals surface area contributed by atoms with E-state index in [9.17, 15) is 18.0 Å². The topological polar surface area (TPSA) is 102 Å². The van der Waals surface area contributed by atoms with Gasteiger partial charge in [-0.15, -0.1) is 0 Å². The molecule has 0 aliphatic rings. The van der Waals surface area contributed by atoms with Gasteiger partial charge in [0.15, 0.2) is 0 Å². The zero-order valence-electron chi connectivity index (χ0n) is 17.5. The van der Waals surface area contributed by atoms with E-state index in [-0.39, 0.29) is 16.3 Å². The van der Waals surface area contributed by atoms with Crippen LogP contribution in [-0.4, -0.2) is 20.2 Å². The van der Waals surface area contributed by atoms with E-state index in [1.54, 1.807) is 48.5 Å². The number of carbonyl (C=O) groups is 2. The number of benzene rings is 3. The standard InChI is InChI=1S/C24H22N2O5S/c1-17-8-14-22(15-9-17)32(29,30)31-21-12-10-19(11-13-21)16-23(25-18(2)27)24(28)26-20-6-4-3-5-7-20/h3-16H,1-2H3,(H,25,27)(H,26,28). The van der Waals surface area contributed by atoms with Crippen molar-refractivity contribution in [2.75, 3.05) is 5.32 Å². The number of para-hydroxylation sites is 1. The normalized spacial score (nSPS) is 11.5. The molecule has 0 spiro atoms. The van der Waals surface area contributed by atoms with Crippen LogP contribution in [0.15, 0.2) is 89.5 Å². The van der Waals surface area contributed by atoms with Gasteiger partial charge in [0.2, 0.25) is 5.91 Å². The number of carbonyl (C=O) groups excluding carboxylic acids is 2. The molecule has 0 heterocycles. The lowest BCUT2D eigenvalue weighted by atomic mass is 10.1. The van der Waals surface area contributed by atoms with Crippen molar-refractivity contribution in [3.8, 4) is 5.75 Å². The first kappa shape index (κ1) is 22.8. The summed E-state index contributed by atoms with van der Waals surface area (Å²) in [4.78, 5) is 24.2. The lowest BCUT2D eigenvalue weighted by molar-refractivity contribution is -0.120. The molecule has 32 heavy (non-hydrogen) atoms. The van der Waals surface area contributed by atoms with Crippen molar-refractivity contribution < 1.29 is 22.2 Å². The van der Waals surface area contributed by atoms with Crippen LogP contribution in [0.1, 0.15) is 18.1 Å². The van der Waals surface area contributed by atoms with Crippen LogP contribution >= 0.6 is 0 Å². The first-order valence-corrected chi connectivity index (χ1v) is 11.1. The van der Waals surface area contributed by atoms with Crippen LogP contribution in [0.2, 0.25) is 0 Å². The monoisotopic (exact) mass is 450 g/mol. The van der Waals surface area contributed by atoms with Gasteiger partial charge in [0, 0.05) is 12.6 Å². The number of amides is 2. The summed E-state index contributed by atoms with van der Waals surface area (Å²) in [6.07, 6.45) is 1.48. The molecule has 2 amide bonds. The Morgan fingerprint density at radius 2 is 1.50 bits per heavy atom. The molecule has 0 atom stereocenters. The Hall–Kier alpha value is -3.91. The molecule has 0 fully saturated rings. The van der Waals surface area contributed by atoms with Crippen molar-refractivity contribution >= 4 is 33.7 Å². The van der Waals surface area contributed by atoms with Gasteiger partial charge in [-0.2, -0.15) is 8.42 Å². The highest BCUT2D eigenvalue weighted by Gasteiger charge is 2.16. The summed E-state index contributed by atoms with van der Waals surface area (Å²) in [7, 11) is -3.97. The smallest absolute Gasteiger partial charge is 0.339 e. The van der Waals surface area contributed by atoms with Crippen LogP contribution in [0.4, 0.5) is 5.69 Å². The fourth-order valence-corrected chi connectivity index (χ4v) is 3.66. The molecule has 3 aromatic carbocycles. The predicted molar refractivity (Wildman–Crippen MR) is 122 cm³/mol. The van der Waals surface area contributed by atoms with Crippen LogP contribution in [0.25, 0.3) is 6.08 Å². The van der Waals surface area contributed by atoms with Gasteiger partial charge in [0.25, 0.3) is 5.91 Å². The average molecular weight is 451 g/mol. The largest absolute Gasteiger partial charge is 0.379 e. The minimum Gasteiger partial charge on any atom is -0.379 e. The Balaban J connectivity index is 1.78. The highest BCUT2D eigenvalue weighted by molar-refractivity contribution is 7.87. The van der Waals surface area contributed by atoms with E-state index >= 15 is 0 Å². The summed E-state index contributed by atoms with van der Waals surface area (Å²) in [5, 5.41) is 5.22. The average Bonchev–Trinajstić information content (AvgIpc) is 2.75. The van der Waals surface area contributed by atoms with E-state index in [1.165, 1.54) is 37.3 Å². The summed E-state index contributed by atoms with van der Waals surface area (Å²) in [6, 6.07) is 21.3. The van der Waals surface area contributed by atoms with Crippen molar-refractivity contribution in [3.63, 3.8) is 0 Å². The van der Waals surface area contributed by atoms with Crippen LogP contribution in [0.5, 0.6) is 5.75 Å². The lowest BCUT2D eigenvalue weighted by Gasteiger charge is -2.10. The maximum atomic E-state index is 12.6. The van der Waals surface area contributed by atoms with Gasteiger partial charge in [-0.05, 0) is 55.0 Å². The zero-order valence-corrected chi connectivity index (χ0v) is 18.3. The molecule has 3 rings (SSSR count). The molecule has 8 heteroatoms. The zero-order chi connectivity index (χ0) is 23.1. The fourth-order valence-electron chi connectivity index (χ4n) is 2.73. The Morgan fingerprint density at radius 3 is 2.09 bits per heavy atom. The number of hydrogen-bond acceptors (Lipinski definition) is 5. The summed E-state index contributed by atoms with van der Waals surface area (Å²) >= 11 is 0. The first-order chi connectivity index (χ1) is 15.2. The molecule has 0 radical (unpaired) electrons. The van der Waals surface area contributed by atoms with E-state index in [4.69, 9.17) is 4.18 Å². The van der Waals surface area contributed by atoms with Crippen LogP contribution in [0, 0.1) is 6.92 Å². The molecular formula is C24H22N2O5S. The third-order valence-electron chi connectivity index (χ3n) is 4.29. The minimum absolute atomic E-state index is 0.0438. The van der Waals surface area contributed by atoms with Crippen LogP contribution < -0.4 is 14.8 Å². The molecular weight excluding hydrogens is 428 g/mol. The van der Waals surface area contributed by atoms with Crippen molar-refractivity contribution in [1.82, 2.24) is 5.32 Å². The molecule has 0 saturated carbocycles. The third-order valence-corrected chi connectivity index (χ3v) is 5.56. The molecule has 0 saturated heterocycles. The van der Waals surface area contributed by atoms with Gasteiger partial charge in [-0.1, -0.05) is 48.0 Å². The number of anilines is 1. The molecule has 0 aliphatic carbocycles. The lowest BCUT2D eigenvalue weighted by Crippen LogP contribution is -2.28. The highest BCUT2D eigenvalue weighted by Crippen LogP contribution is 2.20. The van der Waals surface area contributed by atoms with Crippen molar-refractivity contribution in [3.05, 3.63) is 95.7 Å². The molecule has 3 aromatic rings. The fraction of sp³-hybridized carbons (Fsp3) is 0.0833. The van der Waals surface area contributed by atoms with Crippen molar-refractivity contribution in [2.24, 2.45) is 0 Å².